The van der Waals surface area contributed by atoms with Gasteiger partial charge in [0.25, 0.3) is 0 Å². The number of ether oxygens (including phenoxy) is 3. The number of carbonyl (C=O) groups is 1. The molecular formula is C27H27N3O4S. The number of H-pyrrole nitrogens is 1. The fraction of sp³-hybridized carbons (Fsp3) is 0.185. The molecule has 1 unspecified atom stereocenters. The van der Waals surface area contributed by atoms with Gasteiger partial charge in [-0.3, -0.25) is 4.79 Å². The summed E-state index contributed by atoms with van der Waals surface area (Å²) in [5, 5.41) is 3.20. The molecule has 0 aliphatic rings. The molecule has 1 aromatic heterocycles. The average Bonchev–Trinajstić information content (AvgIpc) is 3.32. The molecule has 3 aromatic carbocycles. The van der Waals surface area contributed by atoms with Crippen LogP contribution in [0.2, 0.25) is 0 Å². The van der Waals surface area contributed by atoms with Crippen LogP contribution >= 0.6 is 11.8 Å². The van der Waals surface area contributed by atoms with E-state index in [1.54, 1.807) is 27.4 Å². The van der Waals surface area contributed by atoms with Crippen LogP contribution in [-0.2, 0) is 4.79 Å². The van der Waals surface area contributed by atoms with Crippen molar-refractivity contribution in [2.75, 3.05) is 26.6 Å². The van der Waals surface area contributed by atoms with Gasteiger partial charge in [0.15, 0.2) is 5.16 Å². The van der Waals surface area contributed by atoms with Crippen molar-refractivity contribution >= 4 is 23.4 Å². The van der Waals surface area contributed by atoms with Crippen LogP contribution in [0.3, 0.4) is 0 Å². The standard InChI is InChI=1S/C27H27N3O4S/c1-17(26(31)28-20-6-5-7-23(16-20)34-4)35-27-29-24(18-8-12-21(32-2)13-9-18)25(30-27)19-10-14-22(33-3)15-11-19/h5-17H,1-4H3,(H,28,31)(H,29,30). The second kappa shape index (κ2) is 11.0. The highest BCUT2D eigenvalue weighted by molar-refractivity contribution is 8.00. The van der Waals surface area contributed by atoms with E-state index in [0.29, 0.717) is 16.6 Å². The smallest absolute Gasteiger partial charge is 0.237 e. The summed E-state index contributed by atoms with van der Waals surface area (Å²) in [6, 6.07) is 22.8. The van der Waals surface area contributed by atoms with Crippen molar-refractivity contribution in [3.63, 3.8) is 0 Å². The molecule has 7 nitrogen and oxygen atoms in total. The molecule has 0 saturated carbocycles. The molecule has 8 heteroatoms. The molecule has 2 N–H and O–H groups in total. The van der Waals surface area contributed by atoms with Crippen LogP contribution in [0.15, 0.2) is 78.0 Å². The molecule has 0 aliphatic carbocycles. The molecule has 180 valence electrons. The first kappa shape index (κ1) is 24.2. The Morgan fingerprint density at radius 2 is 1.46 bits per heavy atom. The molecular weight excluding hydrogens is 462 g/mol. The summed E-state index contributed by atoms with van der Waals surface area (Å²) < 4.78 is 15.8. The number of hydrogen-bond acceptors (Lipinski definition) is 6. The Bertz CT molecular complexity index is 1220. The summed E-state index contributed by atoms with van der Waals surface area (Å²) in [7, 11) is 4.87. The number of amides is 1. The third-order valence-electron chi connectivity index (χ3n) is 5.42. The molecule has 35 heavy (non-hydrogen) atoms. The van der Waals surface area contributed by atoms with Crippen molar-refractivity contribution in [2.45, 2.75) is 17.3 Å². The van der Waals surface area contributed by atoms with Crippen LogP contribution in [0.5, 0.6) is 17.2 Å². The molecule has 4 aromatic rings. The van der Waals surface area contributed by atoms with E-state index in [0.717, 1.165) is 34.0 Å². The van der Waals surface area contributed by atoms with E-state index in [4.69, 9.17) is 19.2 Å². The van der Waals surface area contributed by atoms with E-state index in [-0.39, 0.29) is 11.2 Å². The lowest BCUT2D eigenvalue weighted by Gasteiger charge is -2.11. The van der Waals surface area contributed by atoms with Crippen molar-refractivity contribution in [3.8, 4) is 39.8 Å². The van der Waals surface area contributed by atoms with Gasteiger partial charge in [0.1, 0.15) is 17.2 Å². The number of rotatable bonds is 9. The zero-order valence-corrected chi connectivity index (χ0v) is 20.8. The number of hydrogen-bond donors (Lipinski definition) is 2. The topological polar surface area (TPSA) is 85.5 Å². The quantitative estimate of drug-likeness (QED) is 0.285. The molecule has 0 bridgehead atoms. The number of nitrogens with one attached hydrogen (secondary N) is 2. The van der Waals surface area contributed by atoms with Gasteiger partial charge in [0.2, 0.25) is 5.91 Å². The van der Waals surface area contributed by atoms with Crippen molar-refractivity contribution in [3.05, 3.63) is 72.8 Å². The number of benzene rings is 3. The summed E-state index contributed by atoms with van der Waals surface area (Å²) in [6.45, 7) is 1.85. The summed E-state index contributed by atoms with van der Waals surface area (Å²) >= 11 is 1.36. The fourth-order valence-corrected chi connectivity index (χ4v) is 4.30. The van der Waals surface area contributed by atoms with Gasteiger partial charge in [-0.15, -0.1) is 0 Å². The number of aromatic nitrogens is 2. The van der Waals surface area contributed by atoms with Gasteiger partial charge in [-0.05, 0) is 67.6 Å². The lowest BCUT2D eigenvalue weighted by Crippen LogP contribution is -2.22. The molecule has 1 heterocycles. The molecule has 0 saturated heterocycles. The first-order valence-corrected chi connectivity index (χ1v) is 11.9. The van der Waals surface area contributed by atoms with Gasteiger partial charge in [0.05, 0.1) is 38.0 Å². The Hall–Kier alpha value is -3.91. The number of methoxy groups -OCH3 is 3. The highest BCUT2D eigenvalue weighted by Gasteiger charge is 2.20. The number of thioether (sulfide) groups is 1. The third-order valence-corrected chi connectivity index (χ3v) is 6.40. The molecule has 0 spiro atoms. The maximum atomic E-state index is 12.8. The number of carbonyl (C=O) groups excluding carboxylic acids is 1. The monoisotopic (exact) mass is 489 g/mol. The largest absolute Gasteiger partial charge is 0.497 e. The Morgan fingerprint density at radius 1 is 0.857 bits per heavy atom. The SMILES string of the molecule is COc1ccc(-c2nc(SC(C)C(=O)Nc3cccc(OC)c3)[nH]c2-c2ccc(OC)cc2)cc1. The van der Waals surface area contributed by atoms with E-state index in [2.05, 4.69) is 10.3 Å². The van der Waals surface area contributed by atoms with Gasteiger partial charge >= 0.3 is 0 Å². The average molecular weight is 490 g/mol. The summed E-state index contributed by atoms with van der Waals surface area (Å²) in [5.41, 5.74) is 4.23. The van der Waals surface area contributed by atoms with Crippen molar-refractivity contribution in [2.24, 2.45) is 0 Å². The lowest BCUT2D eigenvalue weighted by molar-refractivity contribution is -0.115. The van der Waals surface area contributed by atoms with Crippen LogP contribution < -0.4 is 19.5 Å². The fourth-order valence-electron chi connectivity index (χ4n) is 3.50. The van der Waals surface area contributed by atoms with Crippen LogP contribution in [-0.4, -0.2) is 42.5 Å². The molecule has 4 rings (SSSR count). The van der Waals surface area contributed by atoms with Crippen LogP contribution in [0.25, 0.3) is 22.5 Å². The van der Waals surface area contributed by atoms with Gasteiger partial charge < -0.3 is 24.5 Å². The summed E-state index contributed by atoms with van der Waals surface area (Å²) in [6.07, 6.45) is 0. The van der Waals surface area contributed by atoms with E-state index in [1.165, 1.54) is 11.8 Å². The Morgan fingerprint density at radius 3 is 2.06 bits per heavy atom. The van der Waals surface area contributed by atoms with Gasteiger partial charge in [-0.25, -0.2) is 4.98 Å². The normalized spacial score (nSPS) is 11.5. The molecule has 0 fully saturated rings. The van der Waals surface area contributed by atoms with Crippen LogP contribution in [0.4, 0.5) is 5.69 Å². The second-order valence-corrected chi connectivity index (χ2v) is 9.03. The molecule has 0 radical (unpaired) electrons. The van der Waals surface area contributed by atoms with Crippen molar-refractivity contribution in [1.82, 2.24) is 9.97 Å². The van der Waals surface area contributed by atoms with E-state index >= 15 is 0 Å². The first-order valence-electron chi connectivity index (χ1n) is 11.0. The number of imidazole rings is 1. The maximum absolute atomic E-state index is 12.8. The zero-order valence-electron chi connectivity index (χ0n) is 20.0. The van der Waals surface area contributed by atoms with E-state index < -0.39 is 0 Å². The minimum Gasteiger partial charge on any atom is -0.497 e. The number of nitrogens with zero attached hydrogens (tertiary/aromatic N) is 1. The van der Waals surface area contributed by atoms with Crippen molar-refractivity contribution in [1.29, 1.82) is 0 Å². The second-order valence-electron chi connectivity index (χ2n) is 7.70. The lowest BCUT2D eigenvalue weighted by atomic mass is 10.0. The van der Waals surface area contributed by atoms with E-state index in [1.807, 2.05) is 73.7 Å². The minimum absolute atomic E-state index is 0.128. The molecule has 1 amide bonds. The van der Waals surface area contributed by atoms with Gasteiger partial charge in [-0.2, -0.15) is 0 Å². The summed E-state index contributed by atoms with van der Waals surface area (Å²) in [5.74, 6) is 2.10. The maximum Gasteiger partial charge on any atom is 0.237 e. The van der Waals surface area contributed by atoms with Gasteiger partial charge in [-0.1, -0.05) is 17.8 Å². The predicted octanol–water partition coefficient (Wildman–Crippen LogP) is 5.89. The van der Waals surface area contributed by atoms with Crippen LogP contribution in [0.1, 0.15) is 6.92 Å². The number of aromatic amines is 1. The summed E-state index contributed by atoms with van der Waals surface area (Å²) in [4.78, 5) is 21.1. The molecule has 0 aliphatic heterocycles. The highest BCUT2D eigenvalue weighted by atomic mass is 32.2. The minimum atomic E-state index is -0.389. The Balaban J connectivity index is 1.60. The highest BCUT2D eigenvalue weighted by Crippen LogP contribution is 2.35. The third kappa shape index (κ3) is 5.78. The van der Waals surface area contributed by atoms with E-state index in [9.17, 15) is 4.79 Å². The Labute approximate surface area is 208 Å². The molecule has 1 atom stereocenters. The zero-order chi connectivity index (χ0) is 24.8. The van der Waals surface area contributed by atoms with Crippen LogP contribution in [0, 0.1) is 0 Å². The van der Waals surface area contributed by atoms with Gasteiger partial charge in [0, 0.05) is 22.9 Å². The van der Waals surface area contributed by atoms with Crippen molar-refractivity contribution < 1.29 is 19.0 Å². The predicted molar refractivity (Wildman–Crippen MR) is 140 cm³/mol. The Kier molecular flexibility index (Phi) is 7.62. The number of anilines is 1. The first-order chi connectivity index (χ1) is 17.0.